The number of benzene rings is 1. The number of carbonyl (C=O) groups excluding carboxylic acids is 5. The van der Waals surface area contributed by atoms with Crippen LogP contribution in [0.1, 0.15) is 79.7 Å². The first-order valence-corrected chi connectivity index (χ1v) is 19.5. The standard InChI is InChI=1S/C41H69N5O8/c1-14-27(6)36(45(10)40(50)34(25(2)3)43-39(49)35(26(4)5)44(8)9)32(52-11)24-33(47)46-22-18-21-31(46)37(53-12)28(7)38(48)42-30(41(51)54-13)23-29-19-16-15-17-20-29/h15-17,19-20,25-28,30-32,34-37H,14,18,21-24H2,1-13H3,(H,42,48)(H,43,49)/t27?,28-,30+,31+,32-,34+,35+,36+,37-/m1/s1. The average molecular weight is 760 g/mol. The van der Waals surface area contributed by atoms with E-state index in [1.165, 1.54) is 14.2 Å². The van der Waals surface area contributed by atoms with E-state index in [1.54, 1.807) is 30.9 Å². The molecule has 1 heterocycles. The Kier molecular flexibility index (Phi) is 19.1. The average Bonchev–Trinajstić information content (AvgIpc) is 3.62. The van der Waals surface area contributed by atoms with E-state index in [-0.39, 0.29) is 60.3 Å². The fraction of sp³-hybridized carbons (Fsp3) is 0.732. The van der Waals surface area contributed by atoms with Gasteiger partial charge in [0, 0.05) is 34.2 Å². The molecule has 0 aromatic heterocycles. The molecule has 13 heteroatoms. The highest BCUT2D eigenvalue weighted by atomic mass is 16.5. The number of rotatable bonds is 21. The minimum Gasteiger partial charge on any atom is -0.467 e. The summed E-state index contributed by atoms with van der Waals surface area (Å²) in [6, 6.07) is 6.46. The van der Waals surface area contributed by atoms with Gasteiger partial charge in [0.05, 0.1) is 49.8 Å². The van der Waals surface area contributed by atoms with E-state index in [0.717, 1.165) is 18.4 Å². The number of hydrogen-bond donors (Lipinski definition) is 2. The smallest absolute Gasteiger partial charge is 0.328 e. The topological polar surface area (TPSA) is 147 Å². The second-order valence-electron chi connectivity index (χ2n) is 15.7. The van der Waals surface area contributed by atoms with Gasteiger partial charge in [-0.15, -0.1) is 0 Å². The number of methoxy groups -OCH3 is 3. The summed E-state index contributed by atoms with van der Waals surface area (Å²) in [6.07, 6.45) is 1.08. The SMILES string of the molecule is CCC(C)[C@@H]([C@@H](CC(=O)N1CCC[C@H]1[C@H](OC)[C@@H](C)C(=O)N[C@@H](Cc1ccccc1)C(=O)OC)OC)N(C)C(=O)[C@@H](NC(=O)[C@H](C(C)C)N(C)C)C(C)C. The van der Waals surface area contributed by atoms with Crippen LogP contribution in [-0.2, 0) is 44.6 Å². The quantitative estimate of drug-likeness (QED) is 0.180. The van der Waals surface area contributed by atoms with Crippen LogP contribution in [0.4, 0.5) is 0 Å². The van der Waals surface area contributed by atoms with Crippen molar-refractivity contribution in [3.63, 3.8) is 0 Å². The van der Waals surface area contributed by atoms with Gasteiger partial charge >= 0.3 is 5.97 Å². The molecule has 1 aromatic rings. The summed E-state index contributed by atoms with van der Waals surface area (Å²) in [7, 11) is 9.80. The summed E-state index contributed by atoms with van der Waals surface area (Å²) in [6.45, 7) is 14.1. The van der Waals surface area contributed by atoms with Crippen LogP contribution in [0, 0.1) is 23.7 Å². The molecule has 1 aromatic carbocycles. The van der Waals surface area contributed by atoms with Crippen LogP contribution in [0.2, 0.25) is 0 Å². The molecule has 2 N–H and O–H groups in total. The lowest BCUT2D eigenvalue weighted by molar-refractivity contribution is -0.149. The lowest BCUT2D eigenvalue weighted by Crippen LogP contribution is -2.59. The maximum Gasteiger partial charge on any atom is 0.328 e. The van der Waals surface area contributed by atoms with Crippen molar-refractivity contribution in [2.75, 3.05) is 49.0 Å². The van der Waals surface area contributed by atoms with Crippen molar-refractivity contribution in [3.05, 3.63) is 35.9 Å². The highest BCUT2D eigenvalue weighted by Gasteiger charge is 2.43. The number of amides is 4. The minimum absolute atomic E-state index is 0.00683. The first-order valence-electron chi connectivity index (χ1n) is 19.5. The molecule has 0 radical (unpaired) electrons. The number of hydrogen-bond acceptors (Lipinski definition) is 9. The molecular weight excluding hydrogens is 690 g/mol. The zero-order valence-corrected chi connectivity index (χ0v) is 35.1. The van der Waals surface area contributed by atoms with Gasteiger partial charge in [-0.1, -0.05) is 85.2 Å². The Balaban J connectivity index is 2.29. The Morgan fingerprint density at radius 2 is 1.50 bits per heavy atom. The third-order valence-electron chi connectivity index (χ3n) is 11.0. The lowest BCUT2D eigenvalue weighted by atomic mass is 9.89. The van der Waals surface area contributed by atoms with Crippen LogP contribution in [-0.4, -0.2) is 136 Å². The molecule has 1 aliphatic heterocycles. The molecule has 0 spiro atoms. The molecule has 1 aliphatic rings. The van der Waals surface area contributed by atoms with Crippen LogP contribution in [0.5, 0.6) is 0 Å². The molecule has 306 valence electrons. The minimum atomic E-state index is -0.890. The normalized spacial score (nSPS) is 19.0. The number of nitrogens with one attached hydrogen (secondary N) is 2. The van der Waals surface area contributed by atoms with E-state index < -0.39 is 48.3 Å². The Hall–Kier alpha value is -3.55. The molecule has 13 nitrogen and oxygen atoms in total. The number of likely N-dealkylation sites (N-methyl/N-ethyl adjacent to an activating group) is 2. The summed E-state index contributed by atoms with van der Waals surface area (Å²) in [5, 5.41) is 5.89. The number of nitrogens with zero attached hydrogens (tertiary/aromatic N) is 3. The van der Waals surface area contributed by atoms with E-state index in [9.17, 15) is 24.0 Å². The maximum atomic E-state index is 14.2. The van der Waals surface area contributed by atoms with E-state index in [4.69, 9.17) is 14.2 Å². The Morgan fingerprint density at radius 1 is 0.870 bits per heavy atom. The van der Waals surface area contributed by atoms with Gasteiger partial charge in [0.15, 0.2) is 0 Å². The van der Waals surface area contributed by atoms with Crippen molar-refractivity contribution in [3.8, 4) is 0 Å². The molecule has 0 saturated carbocycles. The molecule has 9 atom stereocenters. The van der Waals surface area contributed by atoms with Crippen LogP contribution in [0.3, 0.4) is 0 Å². The number of likely N-dealkylation sites (tertiary alicyclic amines) is 1. The van der Waals surface area contributed by atoms with Gasteiger partial charge in [0.1, 0.15) is 12.1 Å². The first kappa shape index (κ1) is 46.6. The van der Waals surface area contributed by atoms with Crippen molar-refractivity contribution < 1.29 is 38.2 Å². The van der Waals surface area contributed by atoms with Gasteiger partial charge in [-0.05, 0) is 50.3 Å². The van der Waals surface area contributed by atoms with E-state index in [2.05, 4.69) is 10.6 Å². The van der Waals surface area contributed by atoms with Crippen molar-refractivity contribution in [1.82, 2.24) is 25.3 Å². The summed E-state index contributed by atoms with van der Waals surface area (Å²) < 4.78 is 16.9. The van der Waals surface area contributed by atoms with E-state index in [0.29, 0.717) is 13.0 Å². The Morgan fingerprint density at radius 3 is 2.00 bits per heavy atom. The third kappa shape index (κ3) is 12.2. The Bertz CT molecular complexity index is 1350. The molecule has 1 fully saturated rings. The molecule has 0 aliphatic carbocycles. The van der Waals surface area contributed by atoms with Crippen molar-refractivity contribution in [2.24, 2.45) is 23.7 Å². The second kappa shape index (κ2) is 22.1. The van der Waals surface area contributed by atoms with Gasteiger partial charge < -0.3 is 34.6 Å². The highest BCUT2D eigenvalue weighted by Crippen LogP contribution is 2.30. The molecule has 1 saturated heterocycles. The largest absolute Gasteiger partial charge is 0.467 e. The molecule has 4 amide bonds. The van der Waals surface area contributed by atoms with Crippen molar-refractivity contribution in [1.29, 1.82) is 0 Å². The number of ether oxygens (including phenoxy) is 3. The van der Waals surface area contributed by atoms with Gasteiger partial charge in [-0.25, -0.2) is 4.79 Å². The van der Waals surface area contributed by atoms with Gasteiger partial charge in [0.25, 0.3) is 0 Å². The summed E-state index contributed by atoms with van der Waals surface area (Å²) in [5.74, 6) is -2.41. The molecule has 0 bridgehead atoms. The predicted molar refractivity (Wildman–Crippen MR) is 209 cm³/mol. The molecule has 1 unspecified atom stereocenters. The van der Waals surface area contributed by atoms with Crippen molar-refractivity contribution >= 4 is 29.6 Å². The highest BCUT2D eigenvalue weighted by molar-refractivity contribution is 5.90. The van der Waals surface area contributed by atoms with Crippen LogP contribution < -0.4 is 10.6 Å². The lowest BCUT2D eigenvalue weighted by Gasteiger charge is -2.41. The van der Waals surface area contributed by atoms with E-state index in [1.807, 2.05) is 90.9 Å². The second-order valence-corrected chi connectivity index (χ2v) is 15.7. The zero-order valence-electron chi connectivity index (χ0n) is 35.1. The maximum absolute atomic E-state index is 14.2. The van der Waals surface area contributed by atoms with Crippen LogP contribution in [0.25, 0.3) is 0 Å². The number of esters is 1. The summed E-state index contributed by atoms with van der Waals surface area (Å²) >= 11 is 0. The fourth-order valence-corrected chi connectivity index (χ4v) is 7.90. The predicted octanol–water partition coefficient (Wildman–Crippen LogP) is 3.53. The Labute approximate surface area is 324 Å². The van der Waals surface area contributed by atoms with Crippen LogP contribution in [0.15, 0.2) is 30.3 Å². The zero-order chi connectivity index (χ0) is 40.9. The molecule has 54 heavy (non-hydrogen) atoms. The summed E-state index contributed by atoms with van der Waals surface area (Å²) in [5.41, 5.74) is 0.876. The van der Waals surface area contributed by atoms with E-state index >= 15 is 0 Å². The fourth-order valence-electron chi connectivity index (χ4n) is 7.90. The molecular formula is C41H69N5O8. The number of carbonyl (C=O) groups is 5. The van der Waals surface area contributed by atoms with Gasteiger partial charge in [-0.2, -0.15) is 0 Å². The van der Waals surface area contributed by atoms with Crippen molar-refractivity contribution in [2.45, 2.75) is 123 Å². The molecule has 2 rings (SSSR count). The van der Waals surface area contributed by atoms with Gasteiger partial charge in [-0.3, -0.25) is 24.1 Å². The van der Waals surface area contributed by atoms with Gasteiger partial charge in [0.2, 0.25) is 23.6 Å². The first-order chi connectivity index (χ1) is 25.4. The monoisotopic (exact) mass is 760 g/mol. The summed E-state index contributed by atoms with van der Waals surface area (Å²) in [4.78, 5) is 73.5. The van der Waals surface area contributed by atoms with Crippen LogP contribution >= 0.6 is 0 Å². The third-order valence-corrected chi connectivity index (χ3v) is 11.0.